The van der Waals surface area contributed by atoms with E-state index >= 15 is 0 Å². The predicted molar refractivity (Wildman–Crippen MR) is 107 cm³/mol. The van der Waals surface area contributed by atoms with Crippen molar-refractivity contribution < 1.29 is 22.8 Å². The maximum Gasteiger partial charge on any atom is 0.246 e. The van der Waals surface area contributed by atoms with E-state index in [1.807, 2.05) is 0 Å². The van der Waals surface area contributed by atoms with Gasteiger partial charge in [0.25, 0.3) is 0 Å². The maximum absolute atomic E-state index is 12.8. The molecule has 1 aliphatic heterocycles. The molecule has 1 saturated heterocycles. The second kappa shape index (κ2) is 9.36. The quantitative estimate of drug-likeness (QED) is 0.673. The summed E-state index contributed by atoms with van der Waals surface area (Å²) < 4.78 is 25.8. The van der Waals surface area contributed by atoms with Gasteiger partial charge in [-0.2, -0.15) is 0 Å². The molecule has 1 atom stereocenters. The van der Waals surface area contributed by atoms with Crippen LogP contribution in [0.5, 0.6) is 0 Å². The number of sulfonamides is 1. The zero-order valence-electron chi connectivity index (χ0n) is 17.2. The first-order chi connectivity index (χ1) is 13.6. The Balaban J connectivity index is 2.06. The molecule has 0 bridgehead atoms. The lowest BCUT2D eigenvalue weighted by Gasteiger charge is -2.41. The summed E-state index contributed by atoms with van der Waals surface area (Å²) in [5.41, 5.74) is 0.825. The largest absolute Gasteiger partial charge is 0.347 e. The van der Waals surface area contributed by atoms with Gasteiger partial charge in [-0.15, -0.1) is 0 Å². The van der Waals surface area contributed by atoms with Gasteiger partial charge in [0.2, 0.25) is 27.7 Å². The van der Waals surface area contributed by atoms with Crippen molar-refractivity contribution in [3.63, 3.8) is 0 Å². The molecule has 0 spiro atoms. The molecule has 1 aromatic carbocycles. The number of carbonyl (C=O) groups is 3. The SMILES string of the molecule is CNS(=O)(=O)c1ccc(CCC(=O)N2CCN(C(C)=O)CC2C(=O)N(C)C)cc1. The van der Waals surface area contributed by atoms with Gasteiger partial charge >= 0.3 is 0 Å². The van der Waals surface area contributed by atoms with Crippen LogP contribution in [0.3, 0.4) is 0 Å². The van der Waals surface area contributed by atoms with E-state index < -0.39 is 16.1 Å². The van der Waals surface area contributed by atoms with Crippen molar-refractivity contribution in [3.8, 4) is 0 Å². The van der Waals surface area contributed by atoms with E-state index in [1.54, 1.807) is 36.0 Å². The minimum Gasteiger partial charge on any atom is -0.347 e. The molecule has 1 aliphatic rings. The monoisotopic (exact) mass is 424 g/mol. The summed E-state index contributed by atoms with van der Waals surface area (Å²) in [7, 11) is 1.09. The van der Waals surface area contributed by atoms with Crippen LogP contribution < -0.4 is 4.72 Å². The summed E-state index contributed by atoms with van der Waals surface area (Å²) in [6.07, 6.45) is 0.615. The summed E-state index contributed by atoms with van der Waals surface area (Å²) in [6.45, 7) is 2.35. The van der Waals surface area contributed by atoms with Gasteiger partial charge in [0.15, 0.2) is 0 Å². The number of nitrogens with zero attached hydrogens (tertiary/aromatic N) is 3. The van der Waals surface area contributed by atoms with E-state index in [9.17, 15) is 22.8 Å². The molecule has 1 aromatic rings. The fraction of sp³-hybridized carbons (Fsp3) is 0.526. The molecule has 3 amide bonds. The Labute approximate surface area is 171 Å². The van der Waals surface area contributed by atoms with Crippen molar-refractivity contribution in [1.29, 1.82) is 0 Å². The van der Waals surface area contributed by atoms with E-state index in [2.05, 4.69) is 4.72 Å². The third kappa shape index (κ3) is 5.54. The number of carbonyl (C=O) groups excluding carboxylic acids is 3. The lowest BCUT2D eigenvalue weighted by molar-refractivity contribution is -0.151. The lowest BCUT2D eigenvalue weighted by atomic mass is 10.1. The first kappa shape index (κ1) is 22.8. The number of piperazine rings is 1. The first-order valence-corrected chi connectivity index (χ1v) is 10.8. The van der Waals surface area contributed by atoms with Crippen LogP contribution in [0.15, 0.2) is 29.2 Å². The highest BCUT2D eigenvalue weighted by molar-refractivity contribution is 7.89. The standard InChI is InChI=1S/C19H28N4O5S/c1-14(24)22-11-12-23(17(13-22)19(26)21(3)4)18(25)10-7-15-5-8-16(9-6-15)29(27,28)20-2/h5-6,8-9,17,20H,7,10-13H2,1-4H3. The number of likely N-dealkylation sites (N-methyl/N-ethyl adjacent to an activating group) is 1. The van der Waals surface area contributed by atoms with Gasteiger partial charge in [-0.1, -0.05) is 12.1 Å². The lowest BCUT2D eigenvalue weighted by Crippen LogP contribution is -2.61. The Morgan fingerprint density at radius 3 is 2.28 bits per heavy atom. The topological polar surface area (TPSA) is 107 Å². The van der Waals surface area contributed by atoms with Gasteiger partial charge in [0.05, 0.1) is 11.4 Å². The molecule has 1 heterocycles. The summed E-state index contributed by atoms with van der Waals surface area (Å²) in [4.78, 5) is 41.8. The fourth-order valence-corrected chi connectivity index (χ4v) is 3.95. The van der Waals surface area contributed by atoms with E-state index in [-0.39, 0.29) is 35.6 Å². The number of aryl methyl sites for hydroxylation is 1. The third-order valence-electron chi connectivity index (χ3n) is 5.00. The number of benzene rings is 1. The third-order valence-corrected chi connectivity index (χ3v) is 6.43. The number of hydrogen-bond acceptors (Lipinski definition) is 5. The van der Waals surface area contributed by atoms with Crippen LogP contribution in [0.1, 0.15) is 18.9 Å². The van der Waals surface area contributed by atoms with Crippen LogP contribution in [0.4, 0.5) is 0 Å². The molecule has 1 N–H and O–H groups in total. The van der Waals surface area contributed by atoms with Crippen molar-refractivity contribution in [2.24, 2.45) is 0 Å². The molecular formula is C19H28N4O5S. The predicted octanol–water partition coefficient (Wildman–Crippen LogP) is -0.325. The Morgan fingerprint density at radius 2 is 1.76 bits per heavy atom. The Morgan fingerprint density at radius 1 is 1.14 bits per heavy atom. The fourth-order valence-electron chi connectivity index (χ4n) is 3.22. The molecule has 0 radical (unpaired) electrons. The second-order valence-corrected chi connectivity index (χ2v) is 9.04. The van der Waals surface area contributed by atoms with E-state index in [0.717, 1.165) is 5.56 Å². The maximum atomic E-state index is 12.8. The summed E-state index contributed by atoms with van der Waals surface area (Å²) >= 11 is 0. The number of hydrogen-bond donors (Lipinski definition) is 1. The Kier molecular flexibility index (Phi) is 7.37. The molecule has 1 unspecified atom stereocenters. The van der Waals surface area contributed by atoms with E-state index in [4.69, 9.17) is 0 Å². The van der Waals surface area contributed by atoms with Gasteiger partial charge in [0.1, 0.15) is 6.04 Å². The average Bonchev–Trinajstić information content (AvgIpc) is 2.71. The van der Waals surface area contributed by atoms with Crippen molar-refractivity contribution >= 4 is 27.7 Å². The molecule has 1 fully saturated rings. The van der Waals surface area contributed by atoms with Gasteiger partial charge in [0, 0.05) is 40.5 Å². The molecule has 0 aromatic heterocycles. The first-order valence-electron chi connectivity index (χ1n) is 9.35. The number of nitrogens with one attached hydrogen (secondary N) is 1. The highest BCUT2D eigenvalue weighted by Crippen LogP contribution is 2.16. The molecule has 9 nitrogen and oxygen atoms in total. The van der Waals surface area contributed by atoms with Crippen molar-refractivity contribution in [2.75, 3.05) is 40.8 Å². The molecular weight excluding hydrogens is 396 g/mol. The highest BCUT2D eigenvalue weighted by atomic mass is 32.2. The van der Waals surface area contributed by atoms with Crippen LogP contribution in [0.25, 0.3) is 0 Å². The summed E-state index contributed by atoms with van der Waals surface area (Å²) in [5.74, 6) is -0.503. The Hall–Kier alpha value is -2.46. The molecule has 10 heteroatoms. The van der Waals surface area contributed by atoms with Crippen LogP contribution >= 0.6 is 0 Å². The molecule has 0 aliphatic carbocycles. The van der Waals surface area contributed by atoms with Gasteiger partial charge in [-0.25, -0.2) is 13.1 Å². The minimum absolute atomic E-state index is 0.120. The van der Waals surface area contributed by atoms with Crippen LogP contribution in [0.2, 0.25) is 0 Å². The molecule has 29 heavy (non-hydrogen) atoms. The van der Waals surface area contributed by atoms with Gasteiger partial charge < -0.3 is 14.7 Å². The summed E-state index contributed by atoms with van der Waals surface area (Å²) in [6, 6.07) is 5.64. The average molecular weight is 425 g/mol. The minimum atomic E-state index is -3.50. The van der Waals surface area contributed by atoms with Crippen LogP contribution in [-0.2, 0) is 30.8 Å². The van der Waals surface area contributed by atoms with Crippen LogP contribution in [0, 0.1) is 0 Å². The van der Waals surface area contributed by atoms with Gasteiger partial charge in [-0.3, -0.25) is 14.4 Å². The summed E-state index contributed by atoms with van der Waals surface area (Å²) in [5, 5.41) is 0. The van der Waals surface area contributed by atoms with Crippen molar-refractivity contribution in [2.45, 2.75) is 30.7 Å². The smallest absolute Gasteiger partial charge is 0.246 e. The van der Waals surface area contributed by atoms with Crippen molar-refractivity contribution in [1.82, 2.24) is 19.4 Å². The zero-order valence-corrected chi connectivity index (χ0v) is 18.0. The second-order valence-electron chi connectivity index (χ2n) is 7.15. The number of rotatable bonds is 6. The van der Waals surface area contributed by atoms with E-state index in [1.165, 1.54) is 31.0 Å². The van der Waals surface area contributed by atoms with E-state index in [0.29, 0.717) is 19.5 Å². The normalized spacial score (nSPS) is 17.2. The zero-order chi connectivity index (χ0) is 21.8. The molecule has 160 valence electrons. The van der Waals surface area contributed by atoms with Crippen LogP contribution in [-0.4, -0.2) is 87.7 Å². The van der Waals surface area contributed by atoms with Crippen molar-refractivity contribution in [3.05, 3.63) is 29.8 Å². The molecule has 0 saturated carbocycles. The van der Waals surface area contributed by atoms with Gasteiger partial charge in [-0.05, 0) is 31.2 Å². The number of amides is 3. The Bertz CT molecular complexity index is 867. The highest BCUT2D eigenvalue weighted by Gasteiger charge is 2.36. The molecule has 2 rings (SSSR count).